The normalized spacial score (nSPS) is 20.2. The number of rotatable bonds is 9. The van der Waals surface area contributed by atoms with Crippen molar-refractivity contribution in [3.05, 3.63) is 59.9 Å². The highest BCUT2D eigenvalue weighted by molar-refractivity contribution is 5.80. The lowest BCUT2D eigenvalue weighted by molar-refractivity contribution is -0.166. The summed E-state index contributed by atoms with van der Waals surface area (Å²) in [4.78, 5) is 30.1. The lowest BCUT2D eigenvalue weighted by atomic mass is 9.95. The van der Waals surface area contributed by atoms with E-state index < -0.39 is 5.60 Å². The number of halogens is 1. The third-order valence-corrected chi connectivity index (χ3v) is 6.69. The summed E-state index contributed by atoms with van der Waals surface area (Å²) in [6, 6.07) is 13.3. The fourth-order valence-corrected chi connectivity index (χ4v) is 4.74. The van der Waals surface area contributed by atoms with E-state index in [1.165, 1.54) is 12.1 Å². The molecule has 2 aromatic rings. The standard InChI is InChI=1S/C28H35FN2O5/c1-2-34-24-10-6-22(7-11-24)18-26(32)31-16-17-36-28(20-31,19-27(33)30-14-4-3-5-15-30)21-35-25-12-8-23(29)9-13-25/h6-13H,2-5,14-21H2,1H3. The van der Waals surface area contributed by atoms with Crippen molar-refractivity contribution in [3.63, 3.8) is 0 Å². The number of piperidine rings is 1. The predicted molar refractivity (Wildman–Crippen MR) is 134 cm³/mol. The summed E-state index contributed by atoms with van der Waals surface area (Å²) >= 11 is 0. The summed E-state index contributed by atoms with van der Waals surface area (Å²) in [5.74, 6) is 0.894. The SMILES string of the molecule is CCOc1ccc(CC(=O)N2CCOC(COc3ccc(F)cc3)(CC(=O)N3CCCCC3)C2)cc1. The van der Waals surface area contributed by atoms with Crippen LogP contribution in [0.5, 0.6) is 11.5 Å². The minimum atomic E-state index is -0.977. The van der Waals surface area contributed by atoms with Gasteiger partial charge in [-0.1, -0.05) is 12.1 Å². The maximum atomic E-state index is 13.3. The minimum Gasteiger partial charge on any atom is -0.494 e. The van der Waals surface area contributed by atoms with Gasteiger partial charge in [-0.2, -0.15) is 0 Å². The van der Waals surface area contributed by atoms with Crippen molar-refractivity contribution < 1.29 is 28.2 Å². The molecule has 0 saturated carbocycles. The van der Waals surface area contributed by atoms with E-state index in [1.807, 2.05) is 36.1 Å². The molecule has 0 aromatic heterocycles. The first-order valence-corrected chi connectivity index (χ1v) is 12.8. The van der Waals surface area contributed by atoms with Crippen LogP contribution in [0.15, 0.2) is 48.5 Å². The average molecular weight is 499 g/mol. The Morgan fingerprint density at radius 1 is 0.889 bits per heavy atom. The highest BCUT2D eigenvalue weighted by Gasteiger charge is 2.42. The van der Waals surface area contributed by atoms with Crippen LogP contribution in [0.3, 0.4) is 0 Å². The fourth-order valence-electron chi connectivity index (χ4n) is 4.74. The van der Waals surface area contributed by atoms with E-state index in [9.17, 15) is 14.0 Å². The first-order valence-electron chi connectivity index (χ1n) is 12.8. The van der Waals surface area contributed by atoms with Gasteiger partial charge in [0.2, 0.25) is 11.8 Å². The molecule has 2 amide bonds. The smallest absolute Gasteiger partial charge is 0.227 e. The van der Waals surface area contributed by atoms with Gasteiger partial charge in [-0.25, -0.2) is 4.39 Å². The highest BCUT2D eigenvalue weighted by atomic mass is 19.1. The van der Waals surface area contributed by atoms with Crippen LogP contribution < -0.4 is 9.47 Å². The quantitative estimate of drug-likeness (QED) is 0.526. The van der Waals surface area contributed by atoms with Crippen LogP contribution in [0.1, 0.15) is 38.2 Å². The molecule has 2 heterocycles. The Balaban J connectivity index is 1.46. The molecule has 2 fully saturated rings. The van der Waals surface area contributed by atoms with Crippen LogP contribution >= 0.6 is 0 Å². The molecule has 8 heteroatoms. The molecule has 2 saturated heterocycles. The Kier molecular flexibility index (Phi) is 8.80. The summed E-state index contributed by atoms with van der Waals surface area (Å²) < 4.78 is 31.0. The molecule has 0 aliphatic carbocycles. The number of carbonyl (C=O) groups excluding carboxylic acids is 2. The number of hydrogen-bond acceptors (Lipinski definition) is 5. The van der Waals surface area contributed by atoms with Gasteiger partial charge in [0.15, 0.2) is 0 Å². The number of benzene rings is 2. The molecule has 2 aliphatic heterocycles. The molecule has 2 aromatic carbocycles. The number of carbonyl (C=O) groups is 2. The fraction of sp³-hybridized carbons (Fsp3) is 0.500. The molecule has 0 bridgehead atoms. The predicted octanol–water partition coefficient (Wildman–Crippen LogP) is 3.85. The maximum absolute atomic E-state index is 13.3. The number of morpholine rings is 1. The van der Waals surface area contributed by atoms with E-state index in [2.05, 4.69) is 0 Å². The van der Waals surface area contributed by atoms with Gasteiger partial charge in [-0.3, -0.25) is 9.59 Å². The van der Waals surface area contributed by atoms with Gasteiger partial charge in [0, 0.05) is 19.6 Å². The third kappa shape index (κ3) is 6.97. The molecule has 0 radical (unpaired) electrons. The molecule has 7 nitrogen and oxygen atoms in total. The summed E-state index contributed by atoms with van der Waals surface area (Å²) in [7, 11) is 0. The number of likely N-dealkylation sites (tertiary alicyclic amines) is 1. The maximum Gasteiger partial charge on any atom is 0.227 e. The Morgan fingerprint density at radius 3 is 2.25 bits per heavy atom. The zero-order chi connectivity index (χ0) is 25.4. The van der Waals surface area contributed by atoms with Crippen molar-refractivity contribution in [1.29, 1.82) is 0 Å². The van der Waals surface area contributed by atoms with E-state index in [4.69, 9.17) is 14.2 Å². The van der Waals surface area contributed by atoms with Gasteiger partial charge in [-0.15, -0.1) is 0 Å². The number of amides is 2. The van der Waals surface area contributed by atoms with E-state index in [1.54, 1.807) is 17.0 Å². The molecule has 0 N–H and O–H groups in total. The van der Waals surface area contributed by atoms with Crippen molar-refractivity contribution in [2.45, 2.75) is 44.6 Å². The summed E-state index contributed by atoms with van der Waals surface area (Å²) in [5.41, 5.74) is -0.0807. The second-order valence-corrected chi connectivity index (χ2v) is 9.46. The summed E-state index contributed by atoms with van der Waals surface area (Å²) in [6.45, 7) is 5.11. The zero-order valence-corrected chi connectivity index (χ0v) is 20.9. The van der Waals surface area contributed by atoms with Crippen LogP contribution in [0.4, 0.5) is 4.39 Å². The zero-order valence-electron chi connectivity index (χ0n) is 20.9. The first-order chi connectivity index (χ1) is 17.5. The highest BCUT2D eigenvalue weighted by Crippen LogP contribution is 2.27. The lowest BCUT2D eigenvalue weighted by Crippen LogP contribution is -2.58. The monoisotopic (exact) mass is 498 g/mol. The molecule has 36 heavy (non-hydrogen) atoms. The second-order valence-electron chi connectivity index (χ2n) is 9.46. The van der Waals surface area contributed by atoms with Gasteiger partial charge in [0.25, 0.3) is 0 Å². The van der Waals surface area contributed by atoms with Crippen LogP contribution in [0.25, 0.3) is 0 Å². The molecule has 1 unspecified atom stereocenters. The van der Waals surface area contributed by atoms with Gasteiger partial charge >= 0.3 is 0 Å². The van der Waals surface area contributed by atoms with Gasteiger partial charge < -0.3 is 24.0 Å². The lowest BCUT2D eigenvalue weighted by Gasteiger charge is -2.43. The number of nitrogens with zero attached hydrogens (tertiary/aromatic N) is 2. The van der Waals surface area contributed by atoms with Gasteiger partial charge in [-0.05, 0) is 68.1 Å². The Morgan fingerprint density at radius 2 is 1.56 bits per heavy atom. The van der Waals surface area contributed by atoms with Crippen LogP contribution in [0.2, 0.25) is 0 Å². The number of ether oxygens (including phenoxy) is 3. The molecular weight excluding hydrogens is 463 g/mol. The first kappa shape index (κ1) is 25.9. The molecule has 4 rings (SSSR count). The molecule has 0 spiro atoms. The van der Waals surface area contributed by atoms with Crippen LogP contribution in [0, 0.1) is 5.82 Å². The van der Waals surface area contributed by atoms with E-state index in [0.29, 0.717) is 25.5 Å². The van der Waals surface area contributed by atoms with E-state index in [-0.39, 0.29) is 43.6 Å². The van der Waals surface area contributed by atoms with Crippen molar-refractivity contribution in [2.75, 3.05) is 46.0 Å². The van der Waals surface area contributed by atoms with Crippen molar-refractivity contribution in [2.24, 2.45) is 0 Å². The molecule has 194 valence electrons. The summed E-state index contributed by atoms with van der Waals surface area (Å²) in [6.07, 6.45) is 3.51. The second kappa shape index (κ2) is 12.2. The Labute approximate surface area is 212 Å². The minimum absolute atomic E-state index is 0.0122. The van der Waals surface area contributed by atoms with Crippen molar-refractivity contribution in [3.8, 4) is 11.5 Å². The van der Waals surface area contributed by atoms with Crippen LogP contribution in [-0.2, 0) is 20.7 Å². The van der Waals surface area contributed by atoms with Crippen molar-refractivity contribution >= 4 is 11.8 Å². The topological polar surface area (TPSA) is 68.3 Å². The molecule has 1 atom stereocenters. The average Bonchev–Trinajstić information content (AvgIpc) is 2.90. The Bertz CT molecular complexity index is 1010. The van der Waals surface area contributed by atoms with Crippen molar-refractivity contribution in [1.82, 2.24) is 9.80 Å². The third-order valence-electron chi connectivity index (χ3n) is 6.69. The van der Waals surface area contributed by atoms with Gasteiger partial charge in [0.05, 0.1) is 32.6 Å². The number of hydrogen-bond donors (Lipinski definition) is 0. The molecule has 2 aliphatic rings. The van der Waals surface area contributed by atoms with E-state index >= 15 is 0 Å². The summed E-state index contributed by atoms with van der Waals surface area (Å²) in [5, 5.41) is 0. The Hall–Kier alpha value is -3.13. The largest absolute Gasteiger partial charge is 0.494 e. The van der Waals surface area contributed by atoms with E-state index in [0.717, 1.165) is 43.7 Å². The molecular formula is C28H35FN2O5. The van der Waals surface area contributed by atoms with Crippen LogP contribution in [-0.4, -0.2) is 73.2 Å². The van der Waals surface area contributed by atoms with Gasteiger partial charge in [0.1, 0.15) is 29.5 Å².